The molecule has 0 unspecified atom stereocenters. The highest BCUT2D eigenvalue weighted by Gasteiger charge is 2.07. The Morgan fingerprint density at radius 3 is 2.32 bits per heavy atom. The maximum absolute atomic E-state index is 11.9. The number of rotatable bonds is 4. The van der Waals surface area contributed by atoms with Gasteiger partial charge in [0.15, 0.2) is 0 Å². The second kappa shape index (κ2) is 6.02. The van der Waals surface area contributed by atoms with Crippen LogP contribution in [0.4, 0.5) is 5.69 Å². The van der Waals surface area contributed by atoms with E-state index in [0.717, 1.165) is 11.1 Å². The number of carbonyl (C=O) groups excluding carboxylic acids is 1. The number of benzene rings is 2. The SMILES string of the molecule is NCc1ccccc1CC(=O)Nc1ccc(O)cc1. The van der Waals surface area contributed by atoms with Gasteiger partial charge in [0, 0.05) is 12.2 Å². The predicted molar refractivity (Wildman–Crippen MR) is 74.8 cm³/mol. The molecule has 0 atom stereocenters. The van der Waals surface area contributed by atoms with Crippen LogP contribution in [0, 0.1) is 0 Å². The molecule has 2 aromatic rings. The van der Waals surface area contributed by atoms with E-state index in [1.54, 1.807) is 12.1 Å². The van der Waals surface area contributed by atoms with Crippen LogP contribution < -0.4 is 11.1 Å². The molecule has 2 rings (SSSR count). The van der Waals surface area contributed by atoms with E-state index >= 15 is 0 Å². The van der Waals surface area contributed by atoms with Crippen LogP contribution in [0.3, 0.4) is 0 Å². The van der Waals surface area contributed by atoms with Gasteiger partial charge in [-0.1, -0.05) is 24.3 Å². The Balaban J connectivity index is 2.03. The van der Waals surface area contributed by atoms with Gasteiger partial charge < -0.3 is 16.2 Å². The molecule has 19 heavy (non-hydrogen) atoms. The normalized spacial score (nSPS) is 10.2. The first-order valence-corrected chi connectivity index (χ1v) is 6.05. The van der Waals surface area contributed by atoms with E-state index < -0.39 is 0 Å². The van der Waals surface area contributed by atoms with Crippen LogP contribution in [0.2, 0.25) is 0 Å². The first-order valence-electron chi connectivity index (χ1n) is 6.05. The number of hydrogen-bond acceptors (Lipinski definition) is 3. The van der Waals surface area contributed by atoms with Gasteiger partial charge in [0.25, 0.3) is 0 Å². The molecule has 0 aliphatic heterocycles. The number of nitrogens with one attached hydrogen (secondary N) is 1. The van der Waals surface area contributed by atoms with Gasteiger partial charge in [-0.2, -0.15) is 0 Å². The molecular formula is C15H16N2O2. The lowest BCUT2D eigenvalue weighted by Gasteiger charge is -2.08. The zero-order chi connectivity index (χ0) is 13.7. The predicted octanol–water partition coefficient (Wildman–Crippen LogP) is 2.03. The van der Waals surface area contributed by atoms with Gasteiger partial charge in [-0.25, -0.2) is 0 Å². The lowest BCUT2D eigenvalue weighted by Crippen LogP contribution is -2.16. The smallest absolute Gasteiger partial charge is 0.228 e. The Morgan fingerprint density at radius 2 is 1.68 bits per heavy atom. The van der Waals surface area contributed by atoms with Gasteiger partial charge in [-0.15, -0.1) is 0 Å². The van der Waals surface area contributed by atoms with E-state index in [9.17, 15) is 4.79 Å². The largest absolute Gasteiger partial charge is 0.508 e. The topological polar surface area (TPSA) is 75.4 Å². The third kappa shape index (κ3) is 3.56. The number of phenolic OH excluding ortho intramolecular Hbond substituents is 1. The Kier molecular flexibility index (Phi) is 4.15. The molecule has 2 aromatic carbocycles. The third-order valence-corrected chi connectivity index (χ3v) is 2.84. The van der Waals surface area contributed by atoms with Crippen molar-refractivity contribution in [3.05, 3.63) is 59.7 Å². The number of amides is 1. The first-order chi connectivity index (χ1) is 9.19. The minimum absolute atomic E-state index is 0.105. The zero-order valence-electron chi connectivity index (χ0n) is 10.5. The van der Waals surface area contributed by atoms with Crippen molar-refractivity contribution >= 4 is 11.6 Å². The highest BCUT2D eigenvalue weighted by Crippen LogP contribution is 2.15. The molecule has 98 valence electrons. The highest BCUT2D eigenvalue weighted by atomic mass is 16.3. The molecule has 4 N–H and O–H groups in total. The van der Waals surface area contributed by atoms with Gasteiger partial charge in [0.2, 0.25) is 5.91 Å². The van der Waals surface area contributed by atoms with Crippen molar-refractivity contribution in [2.75, 3.05) is 5.32 Å². The summed E-state index contributed by atoms with van der Waals surface area (Å²) < 4.78 is 0. The summed E-state index contributed by atoms with van der Waals surface area (Å²) in [6, 6.07) is 14.0. The number of nitrogens with two attached hydrogens (primary N) is 1. The molecule has 0 saturated carbocycles. The summed E-state index contributed by atoms with van der Waals surface area (Å²) in [6.45, 7) is 0.419. The molecule has 0 aliphatic rings. The molecule has 0 saturated heterocycles. The van der Waals surface area contributed by atoms with Crippen molar-refractivity contribution < 1.29 is 9.90 Å². The maximum atomic E-state index is 11.9. The summed E-state index contributed by atoms with van der Waals surface area (Å²) in [6.07, 6.45) is 0.286. The van der Waals surface area contributed by atoms with Crippen LogP contribution in [0.1, 0.15) is 11.1 Å². The quantitative estimate of drug-likeness (QED) is 0.733. The van der Waals surface area contributed by atoms with E-state index in [0.29, 0.717) is 12.2 Å². The number of aromatic hydroxyl groups is 1. The van der Waals surface area contributed by atoms with E-state index in [2.05, 4.69) is 5.32 Å². The molecule has 0 bridgehead atoms. The lowest BCUT2D eigenvalue weighted by atomic mass is 10.0. The van der Waals surface area contributed by atoms with E-state index in [-0.39, 0.29) is 18.1 Å². The van der Waals surface area contributed by atoms with Crippen molar-refractivity contribution in [3.8, 4) is 5.75 Å². The standard InChI is InChI=1S/C15H16N2O2/c16-10-12-4-2-1-3-11(12)9-15(19)17-13-5-7-14(18)8-6-13/h1-8,18H,9-10,16H2,(H,17,19). The van der Waals surface area contributed by atoms with Crippen LogP contribution in [-0.2, 0) is 17.8 Å². The summed E-state index contributed by atoms with van der Waals surface area (Å²) >= 11 is 0. The maximum Gasteiger partial charge on any atom is 0.228 e. The molecule has 0 heterocycles. The Bertz CT molecular complexity index is 565. The van der Waals surface area contributed by atoms with Crippen molar-refractivity contribution in [1.82, 2.24) is 0 Å². The highest BCUT2D eigenvalue weighted by molar-refractivity contribution is 5.92. The molecular weight excluding hydrogens is 240 g/mol. The fourth-order valence-corrected chi connectivity index (χ4v) is 1.85. The average molecular weight is 256 g/mol. The van der Waals surface area contributed by atoms with Crippen molar-refractivity contribution in [2.45, 2.75) is 13.0 Å². The molecule has 4 nitrogen and oxygen atoms in total. The molecule has 1 amide bonds. The molecule has 0 radical (unpaired) electrons. The summed E-state index contributed by atoms with van der Waals surface area (Å²) in [5.41, 5.74) is 8.20. The fourth-order valence-electron chi connectivity index (χ4n) is 1.85. The van der Waals surface area contributed by atoms with Crippen LogP contribution in [0.15, 0.2) is 48.5 Å². The minimum atomic E-state index is -0.105. The van der Waals surface area contributed by atoms with Crippen molar-refractivity contribution in [2.24, 2.45) is 5.73 Å². The van der Waals surface area contributed by atoms with E-state index in [1.807, 2.05) is 24.3 Å². The van der Waals surface area contributed by atoms with Crippen molar-refractivity contribution in [3.63, 3.8) is 0 Å². The first kappa shape index (κ1) is 13.1. The van der Waals surface area contributed by atoms with Gasteiger partial charge in [0.1, 0.15) is 5.75 Å². The molecule has 0 spiro atoms. The zero-order valence-corrected chi connectivity index (χ0v) is 10.5. The summed E-state index contributed by atoms with van der Waals surface area (Å²) in [5.74, 6) is 0.0677. The van der Waals surface area contributed by atoms with Crippen LogP contribution >= 0.6 is 0 Å². The number of hydrogen-bond donors (Lipinski definition) is 3. The second-order valence-corrected chi connectivity index (χ2v) is 4.24. The van der Waals surface area contributed by atoms with Crippen molar-refractivity contribution in [1.29, 1.82) is 0 Å². The summed E-state index contributed by atoms with van der Waals surface area (Å²) in [7, 11) is 0. The van der Waals surface area contributed by atoms with Gasteiger partial charge in [-0.3, -0.25) is 4.79 Å². The number of anilines is 1. The third-order valence-electron chi connectivity index (χ3n) is 2.84. The van der Waals surface area contributed by atoms with Gasteiger partial charge in [0.05, 0.1) is 6.42 Å². The fraction of sp³-hybridized carbons (Fsp3) is 0.133. The molecule has 0 aliphatic carbocycles. The summed E-state index contributed by atoms with van der Waals surface area (Å²) in [5, 5.41) is 11.9. The minimum Gasteiger partial charge on any atom is -0.508 e. The van der Waals surface area contributed by atoms with E-state index in [4.69, 9.17) is 10.8 Å². The molecule has 0 aromatic heterocycles. The lowest BCUT2D eigenvalue weighted by molar-refractivity contribution is -0.115. The average Bonchev–Trinajstić information content (AvgIpc) is 2.42. The van der Waals surface area contributed by atoms with Crippen LogP contribution in [-0.4, -0.2) is 11.0 Å². The van der Waals surface area contributed by atoms with Gasteiger partial charge in [-0.05, 0) is 35.4 Å². The molecule has 4 heteroatoms. The second-order valence-electron chi connectivity index (χ2n) is 4.24. The Morgan fingerprint density at radius 1 is 1.05 bits per heavy atom. The van der Waals surface area contributed by atoms with Crippen LogP contribution in [0.5, 0.6) is 5.75 Å². The monoisotopic (exact) mass is 256 g/mol. The number of phenols is 1. The number of carbonyl (C=O) groups is 1. The molecule has 0 fully saturated rings. The van der Waals surface area contributed by atoms with Crippen LogP contribution in [0.25, 0.3) is 0 Å². The van der Waals surface area contributed by atoms with E-state index in [1.165, 1.54) is 12.1 Å². The van der Waals surface area contributed by atoms with Gasteiger partial charge >= 0.3 is 0 Å². The summed E-state index contributed by atoms with van der Waals surface area (Å²) in [4.78, 5) is 11.9. The Labute approximate surface area is 111 Å². The Hall–Kier alpha value is -2.33.